The Balaban J connectivity index is 0.00000338. The molecule has 26 heavy (non-hydrogen) atoms. The second-order valence-electron chi connectivity index (χ2n) is 5.90. The van der Waals surface area contributed by atoms with Crippen LogP contribution in [0.2, 0.25) is 0 Å². The maximum Gasteiger partial charge on any atom is 0.287 e. The molecule has 142 valence electrons. The topological polar surface area (TPSA) is 83.4 Å². The van der Waals surface area contributed by atoms with Crippen molar-refractivity contribution in [1.82, 2.24) is 16.0 Å². The van der Waals surface area contributed by atoms with E-state index < -0.39 is 11.9 Å². The third kappa shape index (κ3) is 6.90. The van der Waals surface area contributed by atoms with Crippen LogP contribution in [-0.4, -0.2) is 37.0 Å². The summed E-state index contributed by atoms with van der Waals surface area (Å²) in [5.41, 5.74) is 0.974. The molecule has 0 saturated carbocycles. The Kier molecular flexibility index (Phi) is 9.47. The molecule has 0 aliphatic heterocycles. The van der Waals surface area contributed by atoms with Crippen molar-refractivity contribution in [2.24, 2.45) is 0 Å². The highest BCUT2D eigenvalue weighted by Crippen LogP contribution is 2.06. The summed E-state index contributed by atoms with van der Waals surface area (Å²) >= 11 is 0. The number of likely N-dealkylation sites (N-methyl/N-ethyl adjacent to an activating group) is 1. The Morgan fingerprint density at radius 3 is 2.46 bits per heavy atom. The highest BCUT2D eigenvalue weighted by molar-refractivity contribution is 5.95. The minimum absolute atomic E-state index is 0. The van der Waals surface area contributed by atoms with Crippen LogP contribution in [0.5, 0.6) is 0 Å². The van der Waals surface area contributed by atoms with Crippen molar-refractivity contribution >= 4 is 24.2 Å². The quantitative estimate of drug-likeness (QED) is 0.623. The Bertz CT molecular complexity index is 662. The molecule has 0 saturated heterocycles. The standard InChI is InChI=1S/C19H25N3O3.ClH/c1-3-20-14(2)13-21-18(23)16(12-15-8-5-4-6-9-15)22-19(24)17-10-7-11-25-17;/h4-11,14,16,20H,3,12-13H2,1-2H3,(H,21,23)(H,22,24);1H/t14-,16?;/m1./s1. The number of nitrogens with one attached hydrogen (secondary N) is 3. The molecule has 0 fully saturated rings. The Labute approximate surface area is 160 Å². The van der Waals surface area contributed by atoms with Crippen LogP contribution in [0.15, 0.2) is 53.1 Å². The minimum Gasteiger partial charge on any atom is -0.459 e. The van der Waals surface area contributed by atoms with Crippen LogP contribution >= 0.6 is 12.4 Å². The van der Waals surface area contributed by atoms with E-state index in [0.717, 1.165) is 12.1 Å². The van der Waals surface area contributed by atoms with Crippen LogP contribution in [0.25, 0.3) is 0 Å². The van der Waals surface area contributed by atoms with E-state index in [1.807, 2.05) is 44.2 Å². The van der Waals surface area contributed by atoms with Gasteiger partial charge in [0.25, 0.3) is 5.91 Å². The molecule has 2 atom stereocenters. The zero-order valence-electron chi connectivity index (χ0n) is 15.0. The van der Waals surface area contributed by atoms with E-state index in [-0.39, 0.29) is 30.1 Å². The summed E-state index contributed by atoms with van der Waals surface area (Å²) in [6, 6.07) is 12.3. The van der Waals surface area contributed by atoms with Gasteiger partial charge >= 0.3 is 0 Å². The van der Waals surface area contributed by atoms with Crippen molar-refractivity contribution in [3.8, 4) is 0 Å². The van der Waals surface area contributed by atoms with Crippen molar-refractivity contribution < 1.29 is 14.0 Å². The SMILES string of the molecule is CCN[C@H](C)CNC(=O)C(Cc1ccccc1)NC(=O)c1ccco1.Cl. The van der Waals surface area contributed by atoms with Gasteiger partial charge in [0.15, 0.2) is 5.76 Å². The molecule has 0 aliphatic rings. The largest absolute Gasteiger partial charge is 0.459 e. The number of amides is 2. The smallest absolute Gasteiger partial charge is 0.287 e. The first-order valence-electron chi connectivity index (χ1n) is 8.49. The predicted molar refractivity (Wildman–Crippen MR) is 104 cm³/mol. The molecule has 2 amide bonds. The summed E-state index contributed by atoms with van der Waals surface area (Å²) in [5, 5.41) is 8.89. The Morgan fingerprint density at radius 1 is 1.12 bits per heavy atom. The number of benzene rings is 1. The van der Waals surface area contributed by atoms with Crippen molar-refractivity contribution in [1.29, 1.82) is 0 Å². The maximum absolute atomic E-state index is 12.6. The average molecular weight is 380 g/mol. The fourth-order valence-electron chi connectivity index (χ4n) is 2.49. The number of hydrogen-bond acceptors (Lipinski definition) is 4. The third-order valence-electron chi connectivity index (χ3n) is 3.78. The lowest BCUT2D eigenvalue weighted by atomic mass is 10.0. The van der Waals surface area contributed by atoms with Gasteiger partial charge in [0, 0.05) is 19.0 Å². The van der Waals surface area contributed by atoms with Crippen LogP contribution < -0.4 is 16.0 Å². The van der Waals surface area contributed by atoms with Crippen molar-refractivity contribution in [3.63, 3.8) is 0 Å². The summed E-state index contributed by atoms with van der Waals surface area (Å²) in [5.74, 6) is -0.429. The van der Waals surface area contributed by atoms with E-state index in [9.17, 15) is 9.59 Å². The number of halogens is 1. The molecular formula is C19H26ClN3O3. The summed E-state index contributed by atoms with van der Waals surface area (Å²) < 4.78 is 5.10. The second kappa shape index (κ2) is 11.3. The lowest BCUT2D eigenvalue weighted by Gasteiger charge is -2.20. The molecule has 1 aromatic heterocycles. The number of furan rings is 1. The van der Waals surface area contributed by atoms with E-state index >= 15 is 0 Å². The Morgan fingerprint density at radius 2 is 1.85 bits per heavy atom. The second-order valence-corrected chi connectivity index (χ2v) is 5.90. The molecule has 0 aliphatic carbocycles. The molecule has 0 spiro atoms. The molecule has 7 heteroatoms. The molecule has 2 rings (SSSR count). The van der Waals surface area contributed by atoms with Gasteiger partial charge in [-0.2, -0.15) is 0 Å². The number of hydrogen-bond donors (Lipinski definition) is 3. The van der Waals surface area contributed by atoms with Gasteiger partial charge in [0.05, 0.1) is 6.26 Å². The zero-order valence-corrected chi connectivity index (χ0v) is 15.8. The molecule has 3 N–H and O–H groups in total. The van der Waals surface area contributed by atoms with Crippen LogP contribution in [-0.2, 0) is 11.2 Å². The van der Waals surface area contributed by atoms with Gasteiger partial charge < -0.3 is 20.4 Å². The minimum atomic E-state index is -0.672. The highest BCUT2D eigenvalue weighted by atomic mass is 35.5. The van der Waals surface area contributed by atoms with Gasteiger partial charge in [-0.25, -0.2) is 0 Å². The van der Waals surface area contributed by atoms with Crippen LogP contribution in [0.4, 0.5) is 0 Å². The monoisotopic (exact) mass is 379 g/mol. The van der Waals surface area contributed by atoms with Crippen molar-refractivity contribution in [3.05, 3.63) is 60.1 Å². The summed E-state index contributed by atoms with van der Waals surface area (Å²) in [7, 11) is 0. The fraction of sp³-hybridized carbons (Fsp3) is 0.368. The highest BCUT2D eigenvalue weighted by Gasteiger charge is 2.23. The van der Waals surface area contributed by atoms with E-state index in [2.05, 4.69) is 16.0 Å². The molecule has 0 bridgehead atoms. The fourth-order valence-corrected chi connectivity index (χ4v) is 2.49. The number of rotatable bonds is 9. The molecule has 2 aromatic rings. The first kappa shape index (κ1) is 21.7. The first-order valence-corrected chi connectivity index (χ1v) is 8.49. The van der Waals surface area contributed by atoms with Crippen LogP contribution in [0.1, 0.15) is 30.0 Å². The predicted octanol–water partition coefficient (Wildman–Crippen LogP) is 2.16. The number of carbonyl (C=O) groups is 2. The maximum atomic E-state index is 12.6. The number of carbonyl (C=O) groups excluding carboxylic acids is 2. The van der Waals surface area contributed by atoms with Gasteiger partial charge in [0.2, 0.25) is 5.91 Å². The molecule has 6 nitrogen and oxygen atoms in total. The molecular weight excluding hydrogens is 354 g/mol. The molecule has 1 unspecified atom stereocenters. The van der Waals surface area contributed by atoms with Gasteiger partial charge in [0.1, 0.15) is 6.04 Å². The summed E-state index contributed by atoms with van der Waals surface area (Å²) in [6.45, 7) is 5.34. The third-order valence-corrected chi connectivity index (χ3v) is 3.78. The zero-order chi connectivity index (χ0) is 18.1. The van der Waals surface area contributed by atoms with E-state index in [1.54, 1.807) is 12.1 Å². The summed E-state index contributed by atoms with van der Waals surface area (Å²) in [6.07, 6.45) is 1.84. The van der Waals surface area contributed by atoms with E-state index in [1.165, 1.54) is 6.26 Å². The lowest BCUT2D eigenvalue weighted by Crippen LogP contribution is -2.50. The average Bonchev–Trinajstić information content (AvgIpc) is 3.15. The van der Waals surface area contributed by atoms with Gasteiger partial charge in [-0.1, -0.05) is 37.3 Å². The molecule has 1 aromatic carbocycles. The van der Waals surface area contributed by atoms with Crippen LogP contribution in [0, 0.1) is 0 Å². The van der Waals surface area contributed by atoms with E-state index in [4.69, 9.17) is 4.42 Å². The Hall–Kier alpha value is -2.31. The first-order chi connectivity index (χ1) is 12.1. The van der Waals surface area contributed by atoms with Crippen molar-refractivity contribution in [2.75, 3.05) is 13.1 Å². The molecule has 0 radical (unpaired) electrons. The lowest BCUT2D eigenvalue weighted by molar-refractivity contribution is -0.123. The normalized spacial score (nSPS) is 12.5. The van der Waals surface area contributed by atoms with Gasteiger partial charge in [-0.3, -0.25) is 9.59 Å². The van der Waals surface area contributed by atoms with E-state index in [0.29, 0.717) is 13.0 Å². The van der Waals surface area contributed by atoms with Gasteiger partial charge in [-0.15, -0.1) is 12.4 Å². The van der Waals surface area contributed by atoms with Gasteiger partial charge in [-0.05, 0) is 31.2 Å². The van der Waals surface area contributed by atoms with Crippen molar-refractivity contribution in [2.45, 2.75) is 32.4 Å². The molecule has 1 heterocycles. The summed E-state index contributed by atoms with van der Waals surface area (Å²) in [4.78, 5) is 24.8. The van der Waals surface area contributed by atoms with Crippen LogP contribution in [0.3, 0.4) is 0 Å².